The first-order valence-electron chi connectivity index (χ1n) is 10.6. The summed E-state index contributed by atoms with van der Waals surface area (Å²) in [5.74, 6) is -0.338. The predicted molar refractivity (Wildman–Crippen MR) is 139 cm³/mol. The van der Waals surface area contributed by atoms with Crippen LogP contribution in [0, 0.1) is 0 Å². The van der Waals surface area contributed by atoms with Crippen molar-refractivity contribution in [1.82, 2.24) is 15.7 Å². The third-order valence-electron chi connectivity index (χ3n) is 5.26. The van der Waals surface area contributed by atoms with Gasteiger partial charge in [-0.15, -0.1) is 0 Å². The van der Waals surface area contributed by atoms with Gasteiger partial charge in [-0.3, -0.25) is 25.8 Å². The number of rotatable bonds is 6. The van der Waals surface area contributed by atoms with Gasteiger partial charge < -0.3 is 9.84 Å². The van der Waals surface area contributed by atoms with E-state index in [2.05, 4.69) is 21.2 Å². The van der Waals surface area contributed by atoms with Crippen LogP contribution in [0.3, 0.4) is 0 Å². The van der Waals surface area contributed by atoms with Crippen molar-refractivity contribution >= 4 is 45.6 Å². The number of carbonyl (C=O) groups excluding carboxylic acids is 2. The molecule has 1 aromatic heterocycles. The van der Waals surface area contributed by atoms with E-state index in [4.69, 9.17) is 17.0 Å². The summed E-state index contributed by atoms with van der Waals surface area (Å²) in [7, 11) is 1.45. The number of pyridine rings is 1. The zero-order valence-corrected chi connectivity index (χ0v) is 19.8. The smallest absolute Gasteiger partial charge is 0.258 e. The van der Waals surface area contributed by atoms with Gasteiger partial charge in [0.05, 0.1) is 29.6 Å². The quantitative estimate of drug-likeness (QED) is 0.180. The molecule has 0 aliphatic heterocycles. The Morgan fingerprint density at radius 1 is 1.00 bits per heavy atom. The Bertz CT molecular complexity index is 1440. The van der Waals surface area contributed by atoms with Gasteiger partial charge in [0.1, 0.15) is 0 Å². The average Bonchev–Trinajstić information content (AvgIpc) is 2.87. The summed E-state index contributed by atoms with van der Waals surface area (Å²) in [6.07, 6.45) is 0. The molecule has 176 valence electrons. The summed E-state index contributed by atoms with van der Waals surface area (Å²) in [5.41, 5.74) is 8.85. The highest BCUT2D eigenvalue weighted by atomic mass is 32.1. The lowest BCUT2D eigenvalue weighted by Crippen LogP contribution is -2.42. The lowest BCUT2D eigenvalue weighted by Gasteiger charge is -2.14. The lowest BCUT2D eigenvalue weighted by atomic mass is 10.0. The second-order valence-corrected chi connectivity index (χ2v) is 8.04. The summed E-state index contributed by atoms with van der Waals surface area (Å²) in [4.78, 5) is 29.9. The number of phenolic OH excluding ortho intramolecular Hbond substituents is 1. The number of ketones is 1. The molecule has 0 aliphatic rings. The van der Waals surface area contributed by atoms with Crippen molar-refractivity contribution in [2.45, 2.75) is 6.92 Å². The Labute approximate surface area is 206 Å². The van der Waals surface area contributed by atoms with Gasteiger partial charge in [0.25, 0.3) is 5.91 Å². The molecular weight excluding hydrogens is 464 g/mol. The maximum Gasteiger partial charge on any atom is 0.258 e. The number of ether oxygens (including phenoxy) is 1. The highest BCUT2D eigenvalue weighted by molar-refractivity contribution is 7.80. The SMILES string of the molecule is COc1cc(-c2cc(C(=O)NC(=S)NNc3ccccc3)c3cc(C(C)=O)ccc3n2)ccc1O. The summed E-state index contributed by atoms with van der Waals surface area (Å²) in [6.45, 7) is 1.46. The van der Waals surface area contributed by atoms with Crippen molar-refractivity contribution in [2.24, 2.45) is 0 Å². The zero-order valence-electron chi connectivity index (χ0n) is 19.0. The van der Waals surface area contributed by atoms with Gasteiger partial charge >= 0.3 is 0 Å². The minimum absolute atomic E-state index is 0.0107. The maximum atomic E-state index is 13.3. The number of amides is 1. The average molecular weight is 487 g/mol. The minimum Gasteiger partial charge on any atom is -0.504 e. The molecule has 0 bridgehead atoms. The molecule has 0 saturated heterocycles. The van der Waals surface area contributed by atoms with E-state index in [0.29, 0.717) is 27.7 Å². The van der Waals surface area contributed by atoms with Crippen LogP contribution in [0.25, 0.3) is 22.2 Å². The Morgan fingerprint density at radius 2 is 1.77 bits per heavy atom. The normalized spacial score (nSPS) is 10.5. The molecule has 0 radical (unpaired) electrons. The Balaban J connectivity index is 1.70. The summed E-state index contributed by atoms with van der Waals surface area (Å²) < 4.78 is 5.20. The number of nitrogens with zero attached hydrogens (tertiary/aromatic N) is 1. The van der Waals surface area contributed by atoms with Crippen molar-refractivity contribution in [3.05, 3.63) is 83.9 Å². The number of fused-ring (bicyclic) bond motifs is 1. The van der Waals surface area contributed by atoms with Gasteiger partial charge in [0.2, 0.25) is 0 Å². The topological polar surface area (TPSA) is 113 Å². The molecule has 4 aromatic rings. The fourth-order valence-electron chi connectivity index (χ4n) is 3.47. The van der Waals surface area contributed by atoms with Gasteiger partial charge in [-0.25, -0.2) is 4.98 Å². The molecule has 0 unspecified atom stereocenters. The Morgan fingerprint density at radius 3 is 2.49 bits per heavy atom. The predicted octanol–water partition coefficient (Wildman–Crippen LogP) is 4.45. The molecule has 1 heterocycles. The minimum atomic E-state index is -0.475. The molecule has 8 nitrogen and oxygen atoms in total. The van der Waals surface area contributed by atoms with Crippen LogP contribution in [-0.2, 0) is 0 Å². The molecule has 0 aliphatic carbocycles. The molecule has 0 saturated carbocycles. The van der Waals surface area contributed by atoms with E-state index in [1.807, 2.05) is 30.3 Å². The van der Waals surface area contributed by atoms with E-state index in [-0.39, 0.29) is 28.0 Å². The zero-order chi connectivity index (χ0) is 24.9. The lowest BCUT2D eigenvalue weighted by molar-refractivity contribution is 0.0976. The van der Waals surface area contributed by atoms with Crippen molar-refractivity contribution in [3.63, 3.8) is 0 Å². The van der Waals surface area contributed by atoms with E-state index in [1.165, 1.54) is 20.1 Å². The summed E-state index contributed by atoms with van der Waals surface area (Å²) in [6, 6.07) is 20.7. The van der Waals surface area contributed by atoms with Gasteiger partial charge in [0, 0.05) is 16.5 Å². The van der Waals surface area contributed by atoms with Crippen LogP contribution < -0.4 is 20.9 Å². The Kier molecular flexibility index (Phi) is 6.88. The third-order valence-corrected chi connectivity index (χ3v) is 5.46. The molecule has 35 heavy (non-hydrogen) atoms. The first kappa shape index (κ1) is 23.7. The third kappa shape index (κ3) is 5.36. The second-order valence-electron chi connectivity index (χ2n) is 7.63. The molecule has 1 amide bonds. The molecule has 9 heteroatoms. The van der Waals surface area contributed by atoms with Crippen LogP contribution in [0.1, 0.15) is 27.6 Å². The summed E-state index contributed by atoms with van der Waals surface area (Å²) >= 11 is 5.27. The molecule has 0 fully saturated rings. The summed E-state index contributed by atoms with van der Waals surface area (Å²) in [5, 5.41) is 13.2. The fourth-order valence-corrected chi connectivity index (χ4v) is 3.61. The number of thiocarbonyl (C=S) groups is 1. The molecule has 4 rings (SSSR count). The number of hydrazine groups is 1. The van der Waals surface area contributed by atoms with Gasteiger partial charge in [0.15, 0.2) is 22.4 Å². The number of anilines is 1. The van der Waals surface area contributed by atoms with Crippen molar-refractivity contribution in [1.29, 1.82) is 0 Å². The van der Waals surface area contributed by atoms with Crippen LogP contribution in [-0.4, -0.2) is 34.0 Å². The molecule has 3 aromatic carbocycles. The number of carbonyl (C=O) groups is 2. The molecule has 0 atom stereocenters. The number of hydrogen-bond donors (Lipinski definition) is 4. The van der Waals surface area contributed by atoms with Gasteiger partial charge in [-0.1, -0.05) is 18.2 Å². The number of Topliss-reactive ketones (excluding diaryl/α,β-unsaturated/α-hetero) is 1. The number of methoxy groups -OCH3 is 1. The van der Waals surface area contributed by atoms with Crippen molar-refractivity contribution in [2.75, 3.05) is 12.5 Å². The highest BCUT2D eigenvalue weighted by Gasteiger charge is 2.17. The van der Waals surface area contributed by atoms with Crippen LogP contribution in [0.5, 0.6) is 11.5 Å². The highest BCUT2D eigenvalue weighted by Crippen LogP contribution is 2.32. The number of benzene rings is 3. The van der Waals surface area contributed by atoms with E-state index < -0.39 is 5.91 Å². The maximum absolute atomic E-state index is 13.3. The number of aromatic hydroxyl groups is 1. The largest absolute Gasteiger partial charge is 0.504 e. The fraction of sp³-hybridized carbons (Fsp3) is 0.0769. The standard InChI is InChI=1S/C26H22N4O4S/c1-15(31)16-8-10-21-19(12-16)20(14-22(27-21)17-9-11-23(32)24(13-17)34-2)25(33)28-26(35)30-29-18-6-4-3-5-7-18/h3-14,29,32H,1-2H3,(H2,28,30,33,35). The van der Waals surface area contributed by atoms with E-state index in [0.717, 1.165) is 5.69 Å². The van der Waals surface area contributed by atoms with Crippen molar-refractivity contribution < 1.29 is 19.4 Å². The van der Waals surface area contributed by atoms with Gasteiger partial charge in [-0.05, 0) is 73.7 Å². The van der Waals surface area contributed by atoms with Crippen LogP contribution in [0.2, 0.25) is 0 Å². The Hall–Kier alpha value is -4.50. The number of aromatic nitrogens is 1. The van der Waals surface area contributed by atoms with Gasteiger partial charge in [-0.2, -0.15) is 0 Å². The molecule has 0 spiro atoms. The first-order chi connectivity index (χ1) is 16.9. The number of nitrogens with one attached hydrogen (secondary N) is 3. The van der Waals surface area contributed by atoms with E-state index >= 15 is 0 Å². The molecular formula is C26H22N4O4S. The number of hydrogen-bond acceptors (Lipinski definition) is 7. The van der Waals surface area contributed by atoms with Crippen LogP contribution >= 0.6 is 12.2 Å². The second kappa shape index (κ2) is 10.2. The van der Waals surface area contributed by atoms with E-state index in [1.54, 1.807) is 36.4 Å². The molecule has 4 N–H and O–H groups in total. The first-order valence-corrected chi connectivity index (χ1v) is 11.0. The number of phenols is 1. The van der Waals surface area contributed by atoms with Crippen molar-refractivity contribution in [3.8, 4) is 22.8 Å². The van der Waals surface area contributed by atoms with Crippen LogP contribution in [0.4, 0.5) is 5.69 Å². The van der Waals surface area contributed by atoms with Crippen LogP contribution in [0.15, 0.2) is 72.8 Å². The number of para-hydroxylation sites is 1. The monoisotopic (exact) mass is 486 g/mol. The van der Waals surface area contributed by atoms with E-state index in [9.17, 15) is 14.7 Å².